The first-order valence-corrected chi connectivity index (χ1v) is 12.3. The van der Waals surface area contributed by atoms with Gasteiger partial charge in [0.05, 0.1) is 0 Å². The van der Waals surface area contributed by atoms with E-state index in [1.807, 2.05) is 30.3 Å². The van der Waals surface area contributed by atoms with Crippen molar-refractivity contribution in [3.8, 4) is 33.7 Å². The van der Waals surface area contributed by atoms with Crippen molar-refractivity contribution in [2.45, 2.75) is 0 Å². The van der Waals surface area contributed by atoms with E-state index < -0.39 is 0 Å². The molecule has 0 radical (unpaired) electrons. The Hall–Kier alpha value is -4.40. The minimum absolute atomic E-state index is 0.583. The zero-order valence-corrected chi connectivity index (χ0v) is 20.0. The fourth-order valence-electron chi connectivity index (χ4n) is 5.03. The molecule has 0 spiro atoms. The van der Waals surface area contributed by atoms with Gasteiger partial charge in [-0.2, -0.15) is 0 Å². The SMILES string of the molecule is Clc1ccc(-c2nc3c(-c4ccccc4)cc(-c4cc5ccccc5c5ccccc45)cc3o2)cc1. The molecule has 3 heteroatoms. The van der Waals surface area contributed by atoms with E-state index in [0.29, 0.717) is 10.9 Å². The van der Waals surface area contributed by atoms with Crippen molar-refractivity contribution >= 4 is 44.2 Å². The van der Waals surface area contributed by atoms with Gasteiger partial charge < -0.3 is 4.42 Å². The summed E-state index contributed by atoms with van der Waals surface area (Å²) < 4.78 is 6.36. The topological polar surface area (TPSA) is 26.0 Å². The molecule has 0 amide bonds. The highest BCUT2D eigenvalue weighted by Gasteiger charge is 2.17. The van der Waals surface area contributed by atoms with Crippen LogP contribution in [0.2, 0.25) is 5.02 Å². The normalized spacial score (nSPS) is 11.5. The van der Waals surface area contributed by atoms with Crippen LogP contribution in [0, 0.1) is 0 Å². The molecule has 7 rings (SSSR count). The minimum Gasteiger partial charge on any atom is -0.436 e. The molecule has 0 atom stereocenters. The summed E-state index contributed by atoms with van der Waals surface area (Å²) in [6.45, 7) is 0. The molecule has 0 N–H and O–H groups in total. The zero-order chi connectivity index (χ0) is 24.1. The van der Waals surface area contributed by atoms with Crippen LogP contribution in [0.4, 0.5) is 0 Å². The van der Waals surface area contributed by atoms with Crippen LogP contribution in [0.1, 0.15) is 0 Å². The first kappa shape index (κ1) is 20.9. The lowest BCUT2D eigenvalue weighted by atomic mass is 9.91. The maximum absolute atomic E-state index is 6.36. The molecule has 0 aliphatic rings. The smallest absolute Gasteiger partial charge is 0.227 e. The number of benzene rings is 6. The monoisotopic (exact) mass is 481 g/mol. The third-order valence-electron chi connectivity index (χ3n) is 6.75. The lowest BCUT2D eigenvalue weighted by Gasteiger charge is -2.12. The summed E-state index contributed by atoms with van der Waals surface area (Å²) in [4.78, 5) is 4.93. The summed E-state index contributed by atoms with van der Waals surface area (Å²) in [5, 5.41) is 5.61. The molecule has 1 heterocycles. The van der Waals surface area contributed by atoms with Crippen molar-refractivity contribution in [3.63, 3.8) is 0 Å². The fourth-order valence-corrected chi connectivity index (χ4v) is 5.16. The van der Waals surface area contributed by atoms with Crippen molar-refractivity contribution in [2.75, 3.05) is 0 Å². The average molecular weight is 482 g/mol. The van der Waals surface area contributed by atoms with E-state index >= 15 is 0 Å². The van der Waals surface area contributed by atoms with E-state index in [0.717, 1.165) is 33.4 Å². The number of oxazole rings is 1. The van der Waals surface area contributed by atoms with Crippen LogP contribution in [0.15, 0.2) is 126 Å². The third kappa shape index (κ3) is 3.46. The third-order valence-corrected chi connectivity index (χ3v) is 7.00. The van der Waals surface area contributed by atoms with Gasteiger partial charge in [-0.15, -0.1) is 0 Å². The van der Waals surface area contributed by atoms with Crippen LogP contribution in [0.3, 0.4) is 0 Å². The van der Waals surface area contributed by atoms with Crippen LogP contribution in [0.25, 0.3) is 66.4 Å². The lowest BCUT2D eigenvalue weighted by molar-refractivity contribution is 0.620. The van der Waals surface area contributed by atoms with Gasteiger partial charge in [0.1, 0.15) is 5.52 Å². The summed E-state index contributed by atoms with van der Waals surface area (Å²) in [6, 6.07) is 41.8. The maximum Gasteiger partial charge on any atom is 0.227 e. The Labute approximate surface area is 213 Å². The highest BCUT2D eigenvalue weighted by atomic mass is 35.5. The average Bonchev–Trinajstić information content (AvgIpc) is 3.37. The van der Waals surface area contributed by atoms with Gasteiger partial charge >= 0.3 is 0 Å². The van der Waals surface area contributed by atoms with Crippen molar-refractivity contribution < 1.29 is 4.42 Å². The predicted octanol–water partition coefficient (Wildman–Crippen LogP) is 9.79. The van der Waals surface area contributed by atoms with Crippen LogP contribution in [-0.4, -0.2) is 4.98 Å². The maximum atomic E-state index is 6.36. The van der Waals surface area contributed by atoms with Crippen molar-refractivity contribution in [3.05, 3.63) is 126 Å². The second-order valence-electron chi connectivity index (χ2n) is 8.95. The highest BCUT2D eigenvalue weighted by Crippen LogP contribution is 2.40. The second-order valence-corrected chi connectivity index (χ2v) is 9.39. The van der Waals surface area contributed by atoms with Gasteiger partial charge in [0.25, 0.3) is 0 Å². The molecule has 0 saturated heterocycles. The van der Waals surface area contributed by atoms with Crippen molar-refractivity contribution in [2.24, 2.45) is 0 Å². The fraction of sp³-hybridized carbons (Fsp3) is 0. The molecular formula is C33H20ClNO. The number of hydrogen-bond acceptors (Lipinski definition) is 2. The Balaban J connectivity index is 1.53. The van der Waals surface area contributed by atoms with Crippen LogP contribution >= 0.6 is 11.6 Å². The molecule has 7 aromatic rings. The summed E-state index contributed by atoms with van der Waals surface area (Å²) in [5.74, 6) is 0.583. The standard InChI is InChI=1S/C33H20ClNO/c34-25-16-14-22(15-17-25)33-35-32-30(21-8-2-1-3-9-21)19-24(20-31(32)36-33)29-18-23-10-4-5-11-26(23)27-12-6-7-13-28(27)29/h1-20H. The van der Waals surface area contributed by atoms with Crippen LogP contribution < -0.4 is 0 Å². The molecule has 1 aromatic heterocycles. The first-order chi connectivity index (χ1) is 17.7. The quantitative estimate of drug-likeness (QED) is 0.235. The van der Waals surface area contributed by atoms with E-state index in [9.17, 15) is 0 Å². The predicted molar refractivity (Wildman–Crippen MR) is 150 cm³/mol. The number of rotatable bonds is 3. The number of hydrogen-bond donors (Lipinski definition) is 0. The highest BCUT2D eigenvalue weighted by molar-refractivity contribution is 6.30. The van der Waals surface area contributed by atoms with E-state index in [2.05, 4.69) is 91.0 Å². The Morgan fingerprint density at radius 2 is 1.22 bits per heavy atom. The molecule has 0 bridgehead atoms. The van der Waals surface area contributed by atoms with Crippen LogP contribution in [0.5, 0.6) is 0 Å². The number of fused-ring (bicyclic) bond motifs is 4. The summed E-state index contributed by atoms with van der Waals surface area (Å²) in [6.07, 6.45) is 0. The minimum atomic E-state index is 0.583. The molecule has 36 heavy (non-hydrogen) atoms. The van der Waals surface area contributed by atoms with Gasteiger partial charge in [-0.1, -0.05) is 90.5 Å². The van der Waals surface area contributed by atoms with Gasteiger partial charge in [0, 0.05) is 16.1 Å². The number of nitrogens with zero attached hydrogens (tertiary/aromatic N) is 1. The first-order valence-electron chi connectivity index (χ1n) is 11.9. The van der Waals surface area contributed by atoms with E-state index in [1.54, 1.807) is 0 Å². The molecule has 0 aliphatic heterocycles. The lowest BCUT2D eigenvalue weighted by Crippen LogP contribution is -1.87. The molecular weight excluding hydrogens is 462 g/mol. The molecule has 0 aliphatic carbocycles. The molecule has 6 aromatic carbocycles. The summed E-state index contributed by atoms with van der Waals surface area (Å²) >= 11 is 6.11. The summed E-state index contributed by atoms with van der Waals surface area (Å²) in [7, 11) is 0. The Kier molecular flexibility index (Phi) is 4.87. The molecule has 0 unspecified atom stereocenters. The van der Waals surface area contributed by atoms with Crippen molar-refractivity contribution in [1.29, 1.82) is 0 Å². The Morgan fingerprint density at radius 3 is 2.03 bits per heavy atom. The number of halogens is 1. The van der Waals surface area contributed by atoms with Gasteiger partial charge in [-0.3, -0.25) is 0 Å². The summed E-state index contributed by atoms with van der Waals surface area (Å²) in [5.41, 5.74) is 6.92. The van der Waals surface area contributed by atoms with E-state index in [-0.39, 0.29) is 0 Å². The second kappa shape index (κ2) is 8.37. The zero-order valence-electron chi connectivity index (χ0n) is 19.3. The van der Waals surface area contributed by atoms with Gasteiger partial charge in [0.2, 0.25) is 5.89 Å². The van der Waals surface area contributed by atoms with Gasteiger partial charge in [-0.05, 0) is 80.7 Å². The molecule has 0 fully saturated rings. The van der Waals surface area contributed by atoms with Crippen molar-refractivity contribution in [1.82, 2.24) is 4.98 Å². The molecule has 0 saturated carbocycles. The van der Waals surface area contributed by atoms with E-state index in [1.165, 1.54) is 27.1 Å². The van der Waals surface area contributed by atoms with Gasteiger partial charge in [-0.25, -0.2) is 4.98 Å². The van der Waals surface area contributed by atoms with Crippen LogP contribution in [-0.2, 0) is 0 Å². The molecule has 2 nitrogen and oxygen atoms in total. The Bertz CT molecular complexity index is 1890. The largest absolute Gasteiger partial charge is 0.436 e. The number of aromatic nitrogens is 1. The molecule has 170 valence electrons. The Morgan fingerprint density at radius 1 is 0.528 bits per heavy atom. The van der Waals surface area contributed by atoms with Gasteiger partial charge in [0.15, 0.2) is 5.58 Å². The van der Waals surface area contributed by atoms with E-state index in [4.69, 9.17) is 21.0 Å².